The van der Waals surface area contributed by atoms with E-state index >= 15 is 0 Å². The van der Waals surface area contributed by atoms with Gasteiger partial charge in [-0.1, -0.05) is 26.3 Å². The zero-order valence-corrected chi connectivity index (χ0v) is 11.3. The monoisotopic (exact) mass is 253 g/mol. The maximum Gasteiger partial charge on any atom is 0.251 e. The SMILES string of the molecule is CCCCNC(=O)c1ccc(CC)c(CCl)c1. The van der Waals surface area contributed by atoms with Crippen LogP contribution in [0.2, 0.25) is 0 Å². The molecule has 0 heterocycles. The number of rotatable bonds is 6. The van der Waals surface area contributed by atoms with E-state index in [0.717, 1.165) is 31.4 Å². The zero-order valence-electron chi connectivity index (χ0n) is 10.6. The van der Waals surface area contributed by atoms with Crippen molar-refractivity contribution in [1.29, 1.82) is 0 Å². The summed E-state index contributed by atoms with van der Waals surface area (Å²) in [5, 5.41) is 2.91. The predicted octanol–water partition coefficient (Wildman–Crippen LogP) is 3.52. The lowest BCUT2D eigenvalue weighted by Gasteiger charge is -2.08. The van der Waals surface area contributed by atoms with Crippen LogP contribution >= 0.6 is 11.6 Å². The maximum absolute atomic E-state index is 11.8. The summed E-state index contributed by atoms with van der Waals surface area (Å²) in [4.78, 5) is 11.8. The number of hydrogen-bond donors (Lipinski definition) is 1. The minimum atomic E-state index is -0.00697. The quantitative estimate of drug-likeness (QED) is 0.610. The minimum Gasteiger partial charge on any atom is -0.352 e. The lowest BCUT2D eigenvalue weighted by molar-refractivity contribution is 0.0953. The Morgan fingerprint density at radius 1 is 1.29 bits per heavy atom. The lowest BCUT2D eigenvalue weighted by atomic mass is 10.0. The van der Waals surface area contributed by atoms with Gasteiger partial charge in [0.1, 0.15) is 0 Å². The van der Waals surface area contributed by atoms with Gasteiger partial charge in [-0.15, -0.1) is 11.6 Å². The highest BCUT2D eigenvalue weighted by Crippen LogP contribution is 2.15. The molecule has 17 heavy (non-hydrogen) atoms. The Hall–Kier alpha value is -1.02. The Kier molecular flexibility index (Phi) is 6.06. The van der Waals surface area contributed by atoms with Gasteiger partial charge in [-0.05, 0) is 36.1 Å². The number of carbonyl (C=O) groups excluding carboxylic acids is 1. The number of unbranched alkanes of at least 4 members (excludes halogenated alkanes) is 1. The Bertz CT molecular complexity index is 376. The minimum absolute atomic E-state index is 0.00697. The maximum atomic E-state index is 11.8. The molecule has 0 aliphatic carbocycles. The van der Waals surface area contributed by atoms with Gasteiger partial charge in [0.2, 0.25) is 0 Å². The van der Waals surface area contributed by atoms with Crippen LogP contribution in [0.1, 0.15) is 48.2 Å². The molecule has 2 nitrogen and oxygen atoms in total. The highest BCUT2D eigenvalue weighted by molar-refractivity contribution is 6.17. The molecule has 0 saturated heterocycles. The molecule has 0 aliphatic heterocycles. The highest BCUT2D eigenvalue weighted by atomic mass is 35.5. The summed E-state index contributed by atoms with van der Waals surface area (Å²) in [7, 11) is 0. The summed E-state index contributed by atoms with van der Waals surface area (Å²) in [5.74, 6) is 0.451. The molecule has 1 aromatic carbocycles. The molecule has 3 heteroatoms. The molecule has 0 spiro atoms. The Morgan fingerprint density at radius 3 is 2.65 bits per heavy atom. The van der Waals surface area contributed by atoms with E-state index in [9.17, 15) is 4.79 Å². The first-order chi connectivity index (χ1) is 8.22. The van der Waals surface area contributed by atoms with E-state index in [1.807, 2.05) is 18.2 Å². The van der Waals surface area contributed by atoms with Crippen molar-refractivity contribution >= 4 is 17.5 Å². The zero-order chi connectivity index (χ0) is 12.7. The van der Waals surface area contributed by atoms with Crippen LogP contribution in [0.15, 0.2) is 18.2 Å². The molecule has 0 saturated carbocycles. The second kappa shape index (κ2) is 7.33. The van der Waals surface area contributed by atoms with E-state index in [4.69, 9.17) is 11.6 Å². The third kappa shape index (κ3) is 4.04. The number of carbonyl (C=O) groups is 1. The fourth-order valence-corrected chi connectivity index (χ4v) is 1.97. The first-order valence-corrected chi connectivity index (χ1v) is 6.72. The number of amides is 1. The van der Waals surface area contributed by atoms with Gasteiger partial charge in [0.15, 0.2) is 0 Å². The van der Waals surface area contributed by atoms with Crippen molar-refractivity contribution in [3.8, 4) is 0 Å². The Morgan fingerprint density at radius 2 is 2.06 bits per heavy atom. The van der Waals surface area contributed by atoms with E-state index < -0.39 is 0 Å². The number of nitrogens with one attached hydrogen (secondary N) is 1. The van der Waals surface area contributed by atoms with Gasteiger partial charge in [0.25, 0.3) is 5.91 Å². The highest BCUT2D eigenvalue weighted by Gasteiger charge is 2.07. The molecular weight excluding hydrogens is 234 g/mol. The number of aryl methyl sites for hydroxylation is 1. The molecule has 0 radical (unpaired) electrons. The second-order valence-electron chi connectivity index (χ2n) is 4.08. The number of hydrogen-bond acceptors (Lipinski definition) is 1. The van der Waals surface area contributed by atoms with E-state index in [2.05, 4.69) is 19.2 Å². The van der Waals surface area contributed by atoms with Gasteiger partial charge < -0.3 is 5.32 Å². The van der Waals surface area contributed by atoms with Crippen LogP contribution in [0.3, 0.4) is 0 Å². The molecular formula is C14H20ClNO. The largest absolute Gasteiger partial charge is 0.352 e. The molecule has 0 aromatic heterocycles. The lowest BCUT2D eigenvalue weighted by Crippen LogP contribution is -2.24. The van der Waals surface area contributed by atoms with E-state index in [1.165, 1.54) is 5.56 Å². The first-order valence-electron chi connectivity index (χ1n) is 6.18. The van der Waals surface area contributed by atoms with Crippen LogP contribution in [-0.2, 0) is 12.3 Å². The van der Waals surface area contributed by atoms with Gasteiger partial charge in [0.05, 0.1) is 0 Å². The van der Waals surface area contributed by atoms with Gasteiger partial charge in [0, 0.05) is 18.0 Å². The van der Waals surface area contributed by atoms with Gasteiger partial charge >= 0.3 is 0 Å². The van der Waals surface area contributed by atoms with Crippen molar-refractivity contribution in [2.75, 3.05) is 6.54 Å². The summed E-state index contributed by atoms with van der Waals surface area (Å²) in [6.45, 7) is 4.93. The molecule has 0 unspecified atom stereocenters. The van der Waals surface area contributed by atoms with E-state index in [0.29, 0.717) is 11.4 Å². The summed E-state index contributed by atoms with van der Waals surface area (Å²) in [6, 6.07) is 5.76. The number of benzene rings is 1. The average Bonchev–Trinajstić information content (AvgIpc) is 2.38. The van der Waals surface area contributed by atoms with Crippen molar-refractivity contribution in [3.63, 3.8) is 0 Å². The standard InChI is InChI=1S/C14H20ClNO/c1-3-5-8-16-14(17)12-7-6-11(4-2)13(9-12)10-15/h6-7,9H,3-5,8,10H2,1-2H3,(H,16,17). The molecule has 0 aliphatic rings. The molecule has 1 N–H and O–H groups in total. The fourth-order valence-electron chi connectivity index (χ4n) is 1.72. The summed E-state index contributed by atoms with van der Waals surface area (Å²) in [5.41, 5.74) is 2.97. The normalized spacial score (nSPS) is 10.3. The summed E-state index contributed by atoms with van der Waals surface area (Å²) in [6.07, 6.45) is 3.04. The van der Waals surface area contributed by atoms with Crippen LogP contribution in [0, 0.1) is 0 Å². The molecule has 0 fully saturated rings. The van der Waals surface area contributed by atoms with Gasteiger partial charge in [-0.2, -0.15) is 0 Å². The van der Waals surface area contributed by atoms with Crippen molar-refractivity contribution < 1.29 is 4.79 Å². The number of halogens is 1. The van der Waals surface area contributed by atoms with Crippen LogP contribution in [0.25, 0.3) is 0 Å². The molecule has 1 rings (SSSR count). The van der Waals surface area contributed by atoms with E-state index in [-0.39, 0.29) is 5.91 Å². The van der Waals surface area contributed by atoms with Crippen LogP contribution < -0.4 is 5.32 Å². The van der Waals surface area contributed by atoms with Crippen LogP contribution in [0.5, 0.6) is 0 Å². The van der Waals surface area contributed by atoms with Crippen molar-refractivity contribution in [2.24, 2.45) is 0 Å². The van der Waals surface area contributed by atoms with Crippen LogP contribution in [0.4, 0.5) is 0 Å². The fraction of sp³-hybridized carbons (Fsp3) is 0.500. The van der Waals surface area contributed by atoms with Crippen molar-refractivity contribution in [2.45, 2.75) is 39.0 Å². The van der Waals surface area contributed by atoms with Gasteiger partial charge in [-0.3, -0.25) is 4.79 Å². The molecule has 0 atom stereocenters. The third-order valence-corrected chi connectivity index (χ3v) is 3.10. The smallest absolute Gasteiger partial charge is 0.251 e. The van der Waals surface area contributed by atoms with Crippen LogP contribution in [-0.4, -0.2) is 12.5 Å². The average molecular weight is 254 g/mol. The first kappa shape index (κ1) is 14.0. The molecule has 0 bridgehead atoms. The Labute approximate surface area is 108 Å². The summed E-state index contributed by atoms with van der Waals surface area (Å²) >= 11 is 5.88. The van der Waals surface area contributed by atoms with E-state index in [1.54, 1.807) is 0 Å². The molecule has 1 amide bonds. The predicted molar refractivity (Wildman–Crippen MR) is 72.6 cm³/mol. The topological polar surface area (TPSA) is 29.1 Å². The van der Waals surface area contributed by atoms with Crippen molar-refractivity contribution in [1.82, 2.24) is 5.32 Å². The third-order valence-electron chi connectivity index (χ3n) is 2.81. The van der Waals surface area contributed by atoms with Gasteiger partial charge in [-0.25, -0.2) is 0 Å². The number of alkyl halides is 1. The summed E-state index contributed by atoms with van der Waals surface area (Å²) < 4.78 is 0. The molecule has 1 aromatic rings. The second-order valence-corrected chi connectivity index (χ2v) is 4.35. The Balaban J connectivity index is 2.74. The van der Waals surface area contributed by atoms with Crippen molar-refractivity contribution in [3.05, 3.63) is 34.9 Å². The molecule has 94 valence electrons.